The molecule has 0 bridgehead atoms. The summed E-state index contributed by atoms with van der Waals surface area (Å²) in [6, 6.07) is 20.4. The normalized spacial score (nSPS) is 14.5. The Kier molecular flexibility index (Phi) is 6.02. The highest BCUT2D eigenvalue weighted by Crippen LogP contribution is 2.27. The molecule has 1 amide bonds. The molecule has 2 aromatic carbocycles. The van der Waals surface area contributed by atoms with Crippen LogP contribution >= 0.6 is 0 Å². The van der Waals surface area contributed by atoms with Gasteiger partial charge in [-0.25, -0.2) is 14.6 Å². The maximum atomic E-state index is 12.3. The number of anilines is 1. The van der Waals surface area contributed by atoms with E-state index in [9.17, 15) is 4.79 Å². The van der Waals surface area contributed by atoms with E-state index in [1.165, 1.54) is 5.56 Å². The summed E-state index contributed by atoms with van der Waals surface area (Å²) >= 11 is 0. The third-order valence-corrected chi connectivity index (χ3v) is 6.11. The first kappa shape index (κ1) is 21.1. The van der Waals surface area contributed by atoms with E-state index in [1.807, 2.05) is 71.2 Å². The SMILES string of the molecule is CCC(=O)N1CCCN(c2nc(Cc3ccccc3)nc3c2cnn3-c2ccccc2)CC1. The Balaban J connectivity index is 1.56. The fraction of sp³-hybridized carbons (Fsp3) is 0.308. The molecule has 0 saturated carbocycles. The second-order valence-corrected chi connectivity index (χ2v) is 8.33. The van der Waals surface area contributed by atoms with Crippen molar-refractivity contribution in [3.63, 3.8) is 0 Å². The summed E-state index contributed by atoms with van der Waals surface area (Å²) in [6.07, 6.45) is 3.97. The number of carbonyl (C=O) groups excluding carboxylic acids is 1. The first-order chi connectivity index (χ1) is 16.2. The number of nitrogens with zero attached hydrogens (tertiary/aromatic N) is 6. The number of benzene rings is 2. The van der Waals surface area contributed by atoms with Crippen molar-refractivity contribution in [2.24, 2.45) is 0 Å². The van der Waals surface area contributed by atoms with Crippen molar-refractivity contribution in [3.05, 3.63) is 78.2 Å². The number of para-hydroxylation sites is 1. The molecule has 1 aliphatic rings. The predicted octanol–water partition coefficient (Wildman–Crippen LogP) is 3.86. The molecule has 4 aromatic rings. The third kappa shape index (κ3) is 4.44. The van der Waals surface area contributed by atoms with Gasteiger partial charge >= 0.3 is 0 Å². The van der Waals surface area contributed by atoms with Gasteiger partial charge in [-0.05, 0) is 24.1 Å². The number of hydrogen-bond acceptors (Lipinski definition) is 5. The van der Waals surface area contributed by atoms with Crippen molar-refractivity contribution in [2.75, 3.05) is 31.1 Å². The zero-order valence-electron chi connectivity index (χ0n) is 18.9. The molecule has 3 heterocycles. The minimum atomic E-state index is 0.214. The highest BCUT2D eigenvalue weighted by molar-refractivity contribution is 5.88. The lowest BCUT2D eigenvalue weighted by Crippen LogP contribution is -2.35. The smallest absolute Gasteiger partial charge is 0.222 e. The van der Waals surface area contributed by atoms with E-state index in [2.05, 4.69) is 22.1 Å². The van der Waals surface area contributed by atoms with Crippen molar-refractivity contribution < 1.29 is 4.79 Å². The lowest BCUT2D eigenvalue weighted by Gasteiger charge is -2.23. The molecule has 7 heteroatoms. The average molecular weight is 441 g/mol. The molecule has 0 unspecified atom stereocenters. The summed E-state index contributed by atoms with van der Waals surface area (Å²) in [5.41, 5.74) is 2.95. The van der Waals surface area contributed by atoms with Crippen LogP contribution in [0.5, 0.6) is 0 Å². The van der Waals surface area contributed by atoms with Crippen LogP contribution in [0.3, 0.4) is 0 Å². The molecule has 7 nitrogen and oxygen atoms in total. The Labute approximate surface area is 193 Å². The van der Waals surface area contributed by atoms with Crippen LogP contribution in [0.25, 0.3) is 16.7 Å². The number of hydrogen-bond donors (Lipinski definition) is 0. The van der Waals surface area contributed by atoms with Crippen molar-refractivity contribution >= 4 is 22.8 Å². The number of aromatic nitrogens is 4. The summed E-state index contributed by atoms with van der Waals surface area (Å²) in [6.45, 7) is 5.02. The molecule has 0 aliphatic carbocycles. The van der Waals surface area contributed by atoms with Gasteiger partial charge in [0.05, 0.1) is 17.3 Å². The van der Waals surface area contributed by atoms with Gasteiger partial charge in [-0.3, -0.25) is 4.79 Å². The monoisotopic (exact) mass is 440 g/mol. The van der Waals surface area contributed by atoms with Crippen molar-refractivity contribution in [3.8, 4) is 5.69 Å². The van der Waals surface area contributed by atoms with Gasteiger partial charge in [0.2, 0.25) is 5.91 Å². The van der Waals surface area contributed by atoms with Crippen LogP contribution in [0, 0.1) is 0 Å². The van der Waals surface area contributed by atoms with Gasteiger partial charge in [0.25, 0.3) is 0 Å². The quantitative estimate of drug-likeness (QED) is 0.472. The Bertz CT molecular complexity index is 1240. The Hall–Kier alpha value is -3.74. The first-order valence-corrected chi connectivity index (χ1v) is 11.6. The van der Waals surface area contributed by atoms with Crippen LogP contribution in [0.4, 0.5) is 5.82 Å². The number of carbonyl (C=O) groups is 1. The van der Waals surface area contributed by atoms with E-state index in [-0.39, 0.29) is 5.91 Å². The molecule has 5 rings (SSSR count). The van der Waals surface area contributed by atoms with Crippen molar-refractivity contribution in [1.29, 1.82) is 0 Å². The topological polar surface area (TPSA) is 67.2 Å². The summed E-state index contributed by atoms with van der Waals surface area (Å²) in [7, 11) is 0. The van der Waals surface area contributed by atoms with E-state index >= 15 is 0 Å². The minimum absolute atomic E-state index is 0.214. The van der Waals surface area contributed by atoms with Crippen LogP contribution in [0.2, 0.25) is 0 Å². The van der Waals surface area contributed by atoms with Gasteiger partial charge in [-0.1, -0.05) is 55.5 Å². The lowest BCUT2D eigenvalue weighted by atomic mass is 10.1. The molecule has 1 saturated heterocycles. The predicted molar refractivity (Wildman–Crippen MR) is 130 cm³/mol. The van der Waals surface area contributed by atoms with Gasteiger partial charge in [0, 0.05) is 39.0 Å². The molecule has 1 aliphatic heterocycles. The van der Waals surface area contributed by atoms with E-state index in [0.717, 1.165) is 54.4 Å². The summed E-state index contributed by atoms with van der Waals surface area (Å²) in [4.78, 5) is 26.5. The molecule has 0 spiro atoms. The van der Waals surface area contributed by atoms with Crippen molar-refractivity contribution in [2.45, 2.75) is 26.2 Å². The summed E-state index contributed by atoms with van der Waals surface area (Å²) in [5.74, 6) is 1.89. The largest absolute Gasteiger partial charge is 0.354 e. The molecule has 2 aromatic heterocycles. The molecule has 0 atom stereocenters. The zero-order chi connectivity index (χ0) is 22.6. The Morgan fingerprint density at radius 1 is 0.909 bits per heavy atom. The van der Waals surface area contributed by atoms with Gasteiger partial charge in [-0.2, -0.15) is 5.10 Å². The molecular formula is C26H28N6O. The summed E-state index contributed by atoms with van der Waals surface area (Å²) < 4.78 is 1.89. The maximum Gasteiger partial charge on any atom is 0.222 e. The van der Waals surface area contributed by atoms with Crippen molar-refractivity contribution in [1.82, 2.24) is 24.6 Å². The Morgan fingerprint density at radius 3 is 2.42 bits per heavy atom. The molecule has 0 radical (unpaired) electrons. The standard InChI is InChI=1S/C26H28N6O/c1-2-24(33)30-14-9-15-31(17-16-30)25-22-19-27-32(21-12-7-4-8-13-21)26(22)29-23(28-25)18-20-10-5-3-6-11-20/h3-8,10-13,19H,2,9,14-18H2,1H3. The van der Waals surface area contributed by atoms with Crippen LogP contribution in [0.1, 0.15) is 31.2 Å². The first-order valence-electron chi connectivity index (χ1n) is 11.6. The van der Waals surface area contributed by atoms with Gasteiger partial charge in [0.15, 0.2) is 5.65 Å². The van der Waals surface area contributed by atoms with E-state index in [4.69, 9.17) is 9.97 Å². The minimum Gasteiger partial charge on any atom is -0.354 e. The van der Waals surface area contributed by atoms with Crippen LogP contribution < -0.4 is 4.90 Å². The van der Waals surface area contributed by atoms with Gasteiger partial charge in [0.1, 0.15) is 11.6 Å². The molecular weight excluding hydrogens is 412 g/mol. The highest BCUT2D eigenvalue weighted by atomic mass is 16.2. The highest BCUT2D eigenvalue weighted by Gasteiger charge is 2.23. The van der Waals surface area contributed by atoms with Gasteiger partial charge in [-0.15, -0.1) is 0 Å². The third-order valence-electron chi connectivity index (χ3n) is 6.11. The van der Waals surface area contributed by atoms with E-state index < -0.39 is 0 Å². The Morgan fingerprint density at radius 2 is 1.67 bits per heavy atom. The van der Waals surface area contributed by atoms with Crippen LogP contribution in [0.15, 0.2) is 66.9 Å². The number of amides is 1. The van der Waals surface area contributed by atoms with E-state index in [1.54, 1.807) is 0 Å². The van der Waals surface area contributed by atoms with Gasteiger partial charge < -0.3 is 9.80 Å². The molecule has 33 heavy (non-hydrogen) atoms. The number of fused-ring (bicyclic) bond motifs is 1. The summed E-state index contributed by atoms with van der Waals surface area (Å²) in [5, 5.41) is 5.61. The fourth-order valence-corrected chi connectivity index (χ4v) is 4.40. The second-order valence-electron chi connectivity index (χ2n) is 8.33. The number of rotatable bonds is 5. The maximum absolute atomic E-state index is 12.3. The van der Waals surface area contributed by atoms with Crippen LogP contribution in [-0.4, -0.2) is 56.7 Å². The van der Waals surface area contributed by atoms with Crippen LogP contribution in [-0.2, 0) is 11.2 Å². The fourth-order valence-electron chi connectivity index (χ4n) is 4.40. The molecule has 168 valence electrons. The molecule has 0 N–H and O–H groups in total. The zero-order valence-corrected chi connectivity index (χ0v) is 18.9. The molecule has 1 fully saturated rings. The van der Waals surface area contributed by atoms with E-state index in [0.29, 0.717) is 19.4 Å². The lowest BCUT2D eigenvalue weighted by molar-refractivity contribution is -0.130. The average Bonchev–Trinajstić information content (AvgIpc) is 3.13. The second kappa shape index (κ2) is 9.40.